The van der Waals surface area contributed by atoms with Gasteiger partial charge >= 0.3 is 0 Å². The highest BCUT2D eigenvalue weighted by atomic mass is 32.2. The summed E-state index contributed by atoms with van der Waals surface area (Å²) in [5, 5.41) is 9.59. The van der Waals surface area contributed by atoms with Gasteiger partial charge in [0.1, 0.15) is 16.7 Å². The molecule has 2 rings (SSSR count). The third kappa shape index (κ3) is 2.63. The molecule has 1 aliphatic heterocycles. The summed E-state index contributed by atoms with van der Waals surface area (Å²) in [6.45, 7) is 2.26. The lowest BCUT2D eigenvalue weighted by Crippen LogP contribution is -2.28. The number of carbonyl (C=O) groups is 2. The maximum Gasteiger partial charge on any atom is 0.283 e. The number of aromatic nitrogens is 1. The Morgan fingerprint density at radius 3 is 2.79 bits per heavy atom. The number of carbonyl (C=O) groups excluding carboxylic acids is 2. The van der Waals surface area contributed by atoms with Gasteiger partial charge in [0.15, 0.2) is 0 Å². The van der Waals surface area contributed by atoms with E-state index in [2.05, 4.69) is 5.43 Å². The van der Waals surface area contributed by atoms with Gasteiger partial charge in [0.2, 0.25) is 5.91 Å². The predicted molar refractivity (Wildman–Crippen MR) is 71.3 cm³/mol. The molecule has 1 aromatic rings. The van der Waals surface area contributed by atoms with E-state index in [-0.39, 0.29) is 17.2 Å². The molecule has 1 aromatic heterocycles. The van der Waals surface area contributed by atoms with Crippen molar-refractivity contribution < 1.29 is 9.59 Å². The normalized spacial score (nSPS) is 17.3. The highest BCUT2D eigenvalue weighted by Crippen LogP contribution is 2.31. The van der Waals surface area contributed by atoms with Crippen molar-refractivity contribution in [1.29, 1.82) is 5.26 Å². The van der Waals surface area contributed by atoms with Gasteiger partial charge in [-0.3, -0.25) is 19.7 Å². The van der Waals surface area contributed by atoms with Gasteiger partial charge in [0, 0.05) is 18.9 Å². The summed E-state index contributed by atoms with van der Waals surface area (Å²) in [5.41, 5.74) is 2.52. The highest BCUT2D eigenvalue weighted by Gasteiger charge is 2.30. The predicted octanol–water partition coefficient (Wildman–Crippen LogP) is 0.889. The fraction of sp³-hybridized carbons (Fsp3) is 0.250. The molecule has 0 spiro atoms. The van der Waals surface area contributed by atoms with Gasteiger partial charge < -0.3 is 4.90 Å². The Morgan fingerprint density at radius 2 is 2.21 bits per heavy atom. The summed E-state index contributed by atoms with van der Waals surface area (Å²) in [7, 11) is 0. The molecule has 1 N–H and O–H groups in total. The van der Waals surface area contributed by atoms with E-state index in [0.717, 1.165) is 0 Å². The second-order valence-corrected chi connectivity index (χ2v) is 4.71. The third-order valence-corrected chi connectivity index (χ3v) is 3.67. The summed E-state index contributed by atoms with van der Waals surface area (Å²) >= 11 is 1.22. The van der Waals surface area contributed by atoms with Gasteiger partial charge in [-0.05, 0) is 19.1 Å². The molecule has 6 nitrogen and oxygen atoms in total. The second-order valence-electron chi connectivity index (χ2n) is 3.75. The van der Waals surface area contributed by atoms with Crippen LogP contribution in [0.2, 0.25) is 0 Å². The summed E-state index contributed by atoms with van der Waals surface area (Å²) in [4.78, 5) is 25.1. The Labute approximate surface area is 114 Å². The number of nitrogens with one attached hydrogen (secondary N) is 1. The molecule has 1 aliphatic rings. The first-order chi connectivity index (χ1) is 9.17. The zero-order valence-corrected chi connectivity index (χ0v) is 11.1. The van der Waals surface area contributed by atoms with E-state index in [1.165, 1.54) is 21.3 Å². The number of thioether (sulfide) groups is 1. The van der Waals surface area contributed by atoms with Crippen LogP contribution in [0, 0.1) is 11.3 Å². The zero-order chi connectivity index (χ0) is 13.8. The SMILES string of the molecule is CCN1C(=O)CS/C1=C(/C#N)C(=O)Nn1cccc1. The molecule has 98 valence electrons. The first kappa shape index (κ1) is 13.2. The molecule has 0 aromatic carbocycles. The topological polar surface area (TPSA) is 78.1 Å². The van der Waals surface area contributed by atoms with Gasteiger partial charge in [0.25, 0.3) is 5.91 Å². The van der Waals surface area contributed by atoms with E-state index in [9.17, 15) is 9.59 Å². The average molecular weight is 276 g/mol. The Balaban J connectivity index is 2.27. The van der Waals surface area contributed by atoms with E-state index in [0.29, 0.717) is 11.6 Å². The number of nitriles is 1. The third-order valence-electron chi connectivity index (χ3n) is 2.58. The number of rotatable bonds is 3. The monoisotopic (exact) mass is 276 g/mol. The lowest BCUT2D eigenvalue weighted by Gasteiger charge is -2.15. The van der Waals surface area contributed by atoms with Crippen LogP contribution in [0.4, 0.5) is 0 Å². The van der Waals surface area contributed by atoms with Gasteiger partial charge in [-0.25, -0.2) is 0 Å². The van der Waals surface area contributed by atoms with Crippen molar-refractivity contribution in [3.05, 3.63) is 35.1 Å². The smallest absolute Gasteiger partial charge is 0.283 e. The van der Waals surface area contributed by atoms with Crippen molar-refractivity contribution in [2.75, 3.05) is 17.7 Å². The second kappa shape index (κ2) is 5.63. The summed E-state index contributed by atoms with van der Waals surface area (Å²) in [5.74, 6) is -0.330. The number of hydrogen-bond donors (Lipinski definition) is 1. The van der Waals surface area contributed by atoms with Crippen molar-refractivity contribution >= 4 is 23.6 Å². The minimum Gasteiger partial charge on any atom is -0.305 e. The molecule has 1 fully saturated rings. The molecule has 2 heterocycles. The lowest BCUT2D eigenvalue weighted by atomic mass is 10.3. The number of hydrogen-bond acceptors (Lipinski definition) is 4. The van der Waals surface area contributed by atoms with Gasteiger partial charge in [-0.2, -0.15) is 5.26 Å². The maximum atomic E-state index is 12.0. The fourth-order valence-electron chi connectivity index (χ4n) is 1.70. The molecular weight excluding hydrogens is 264 g/mol. The molecule has 19 heavy (non-hydrogen) atoms. The van der Waals surface area contributed by atoms with Gasteiger partial charge in [-0.15, -0.1) is 0 Å². The van der Waals surface area contributed by atoms with Crippen LogP contribution in [-0.4, -0.2) is 33.7 Å². The molecule has 0 atom stereocenters. The van der Waals surface area contributed by atoms with Crippen LogP contribution < -0.4 is 5.43 Å². The molecule has 7 heteroatoms. The molecule has 0 unspecified atom stereocenters. The van der Waals surface area contributed by atoms with Crippen LogP contribution in [0.3, 0.4) is 0 Å². The number of nitrogens with zero attached hydrogens (tertiary/aromatic N) is 3. The van der Waals surface area contributed by atoms with Crippen LogP contribution in [0.15, 0.2) is 35.1 Å². The number of amides is 2. The standard InChI is InChI=1S/C12H12N4O2S/c1-2-16-10(17)8-19-12(16)9(7-13)11(18)14-15-5-3-4-6-15/h3-6H,2,8H2,1H3,(H,14,18)/b12-9-. The van der Waals surface area contributed by atoms with Crippen molar-refractivity contribution in [3.8, 4) is 6.07 Å². The van der Waals surface area contributed by atoms with Crippen LogP contribution in [0.5, 0.6) is 0 Å². The van der Waals surface area contributed by atoms with Crippen molar-refractivity contribution in [3.63, 3.8) is 0 Å². The maximum absolute atomic E-state index is 12.0. The largest absolute Gasteiger partial charge is 0.305 e. The minimum atomic E-state index is -0.519. The van der Waals surface area contributed by atoms with Crippen LogP contribution in [0.1, 0.15) is 6.92 Å². The van der Waals surface area contributed by atoms with E-state index >= 15 is 0 Å². The molecule has 0 saturated carbocycles. The van der Waals surface area contributed by atoms with E-state index in [1.54, 1.807) is 24.5 Å². The molecule has 0 radical (unpaired) electrons. The van der Waals surface area contributed by atoms with Crippen molar-refractivity contribution in [2.24, 2.45) is 0 Å². The van der Waals surface area contributed by atoms with Gasteiger partial charge in [0.05, 0.1) is 5.75 Å². The average Bonchev–Trinajstić information content (AvgIpc) is 3.00. The highest BCUT2D eigenvalue weighted by molar-refractivity contribution is 8.04. The Bertz CT molecular complexity index is 571. The van der Waals surface area contributed by atoms with Crippen molar-refractivity contribution in [2.45, 2.75) is 6.92 Å². The Hall–Kier alpha value is -2.20. The molecule has 2 amide bonds. The first-order valence-corrected chi connectivity index (χ1v) is 6.67. The summed E-state index contributed by atoms with van der Waals surface area (Å²) in [6.07, 6.45) is 3.31. The van der Waals surface area contributed by atoms with E-state index in [4.69, 9.17) is 5.26 Å². The minimum absolute atomic E-state index is 0.0357. The van der Waals surface area contributed by atoms with Crippen LogP contribution >= 0.6 is 11.8 Å². The van der Waals surface area contributed by atoms with E-state index in [1.807, 2.05) is 13.0 Å². The summed E-state index contributed by atoms with van der Waals surface area (Å²) in [6, 6.07) is 5.39. The molecule has 0 bridgehead atoms. The fourth-order valence-corrected chi connectivity index (χ4v) is 2.79. The van der Waals surface area contributed by atoms with Gasteiger partial charge in [-0.1, -0.05) is 11.8 Å². The Morgan fingerprint density at radius 1 is 1.53 bits per heavy atom. The lowest BCUT2D eigenvalue weighted by molar-refractivity contribution is -0.125. The molecular formula is C12H12N4O2S. The molecule has 0 aliphatic carbocycles. The zero-order valence-electron chi connectivity index (χ0n) is 10.3. The Kier molecular flexibility index (Phi) is 3.92. The first-order valence-electron chi connectivity index (χ1n) is 5.69. The van der Waals surface area contributed by atoms with Crippen LogP contribution in [-0.2, 0) is 9.59 Å². The quantitative estimate of drug-likeness (QED) is 0.657. The van der Waals surface area contributed by atoms with E-state index < -0.39 is 5.91 Å². The summed E-state index contributed by atoms with van der Waals surface area (Å²) < 4.78 is 1.46. The van der Waals surface area contributed by atoms with Crippen LogP contribution in [0.25, 0.3) is 0 Å². The molecule has 1 saturated heterocycles. The van der Waals surface area contributed by atoms with Crippen molar-refractivity contribution in [1.82, 2.24) is 9.58 Å².